The predicted octanol–water partition coefficient (Wildman–Crippen LogP) is 2.87. The van der Waals surface area contributed by atoms with Crippen LogP contribution < -0.4 is 5.32 Å². The first kappa shape index (κ1) is 17.9. The topological polar surface area (TPSA) is 79.3 Å². The fourth-order valence-electron chi connectivity index (χ4n) is 1.74. The number of aromatic nitrogens is 1. The number of unbranched alkanes of at least 4 members (excludes halogenated alkanes) is 3. The summed E-state index contributed by atoms with van der Waals surface area (Å²) in [4.78, 5) is 25.4. The number of carboxylic acid groups (broad SMARTS) is 1. The van der Waals surface area contributed by atoms with Gasteiger partial charge in [-0.2, -0.15) is 13.2 Å². The van der Waals surface area contributed by atoms with Gasteiger partial charge < -0.3 is 10.4 Å². The standard InChI is InChI=1S/C14H17F3N2O3/c15-14(16,17)10-6-7-11(19-9-10)13(22)18-8-4-2-1-3-5-12(20)21/h6-7,9H,1-5,8H2,(H,18,22)(H,20,21). The van der Waals surface area contributed by atoms with E-state index in [1.54, 1.807) is 0 Å². The average molecular weight is 318 g/mol. The molecule has 1 aromatic rings. The van der Waals surface area contributed by atoms with Crippen molar-refractivity contribution < 1.29 is 27.9 Å². The molecular weight excluding hydrogens is 301 g/mol. The van der Waals surface area contributed by atoms with E-state index in [4.69, 9.17) is 5.11 Å². The number of halogens is 3. The quantitative estimate of drug-likeness (QED) is 0.722. The number of aliphatic carboxylic acids is 1. The molecule has 0 aliphatic rings. The van der Waals surface area contributed by atoms with Crippen LogP contribution in [0, 0.1) is 0 Å². The molecule has 0 bridgehead atoms. The third kappa shape index (κ3) is 6.55. The number of pyridine rings is 1. The predicted molar refractivity (Wildman–Crippen MR) is 72.3 cm³/mol. The van der Waals surface area contributed by atoms with Crippen LogP contribution in [0.2, 0.25) is 0 Å². The number of nitrogens with zero attached hydrogens (tertiary/aromatic N) is 1. The maximum Gasteiger partial charge on any atom is 0.417 e. The maximum absolute atomic E-state index is 12.3. The van der Waals surface area contributed by atoms with Gasteiger partial charge in [0.05, 0.1) is 5.56 Å². The number of amides is 1. The van der Waals surface area contributed by atoms with E-state index in [2.05, 4.69) is 10.3 Å². The van der Waals surface area contributed by atoms with Gasteiger partial charge in [0.1, 0.15) is 5.69 Å². The second-order valence-corrected chi connectivity index (χ2v) is 4.74. The van der Waals surface area contributed by atoms with Gasteiger partial charge in [0, 0.05) is 19.2 Å². The molecule has 0 aliphatic carbocycles. The second kappa shape index (κ2) is 8.35. The van der Waals surface area contributed by atoms with E-state index < -0.39 is 23.6 Å². The SMILES string of the molecule is O=C(O)CCCCCCNC(=O)c1ccc(C(F)(F)F)cn1. The molecule has 1 heterocycles. The zero-order valence-corrected chi connectivity index (χ0v) is 11.8. The van der Waals surface area contributed by atoms with Gasteiger partial charge >= 0.3 is 12.1 Å². The highest BCUT2D eigenvalue weighted by Gasteiger charge is 2.30. The van der Waals surface area contributed by atoms with Crippen molar-refractivity contribution in [3.63, 3.8) is 0 Å². The summed E-state index contributed by atoms with van der Waals surface area (Å²) >= 11 is 0. The Balaban J connectivity index is 2.27. The van der Waals surface area contributed by atoms with Crippen molar-refractivity contribution in [3.8, 4) is 0 Å². The van der Waals surface area contributed by atoms with Crippen molar-refractivity contribution in [2.24, 2.45) is 0 Å². The molecule has 0 fully saturated rings. The summed E-state index contributed by atoms with van der Waals surface area (Å²) in [6.07, 6.45) is -0.939. The van der Waals surface area contributed by atoms with Crippen molar-refractivity contribution >= 4 is 11.9 Å². The van der Waals surface area contributed by atoms with Crippen LogP contribution in [-0.2, 0) is 11.0 Å². The van der Waals surface area contributed by atoms with Crippen molar-refractivity contribution in [1.29, 1.82) is 0 Å². The lowest BCUT2D eigenvalue weighted by Crippen LogP contribution is -2.25. The van der Waals surface area contributed by atoms with Gasteiger partial charge in [-0.1, -0.05) is 12.8 Å². The summed E-state index contributed by atoms with van der Waals surface area (Å²) in [7, 11) is 0. The van der Waals surface area contributed by atoms with E-state index in [0.29, 0.717) is 25.6 Å². The van der Waals surface area contributed by atoms with Crippen LogP contribution in [0.3, 0.4) is 0 Å². The van der Waals surface area contributed by atoms with Crippen LogP contribution in [0.25, 0.3) is 0 Å². The Morgan fingerprint density at radius 3 is 2.36 bits per heavy atom. The monoisotopic (exact) mass is 318 g/mol. The Kier molecular flexibility index (Phi) is 6.81. The normalized spacial score (nSPS) is 11.2. The largest absolute Gasteiger partial charge is 0.481 e. The van der Waals surface area contributed by atoms with Gasteiger partial charge in [0.2, 0.25) is 0 Å². The van der Waals surface area contributed by atoms with Gasteiger partial charge in [-0.05, 0) is 25.0 Å². The summed E-state index contributed by atoms with van der Waals surface area (Å²) < 4.78 is 37.0. The first-order valence-corrected chi connectivity index (χ1v) is 6.84. The van der Waals surface area contributed by atoms with E-state index in [-0.39, 0.29) is 12.1 Å². The number of carbonyl (C=O) groups excluding carboxylic acids is 1. The van der Waals surface area contributed by atoms with Gasteiger partial charge in [-0.3, -0.25) is 14.6 Å². The summed E-state index contributed by atoms with van der Waals surface area (Å²) in [5.74, 6) is -1.36. The third-order valence-corrected chi connectivity index (χ3v) is 2.93. The van der Waals surface area contributed by atoms with Gasteiger partial charge in [0.15, 0.2) is 0 Å². The molecule has 22 heavy (non-hydrogen) atoms. The smallest absolute Gasteiger partial charge is 0.417 e. The first-order chi connectivity index (χ1) is 10.3. The van der Waals surface area contributed by atoms with E-state index in [9.17, 15) is 22.8 Å². The van der Waals surface area contributed by atoms with Crippen LogP contribution in [0.1, 0.15) is 48.2 Å². The number of nitrogens with one attached hydrogen (secondary N) is 1. The highest BCUT2D eigenvalue weighted by atomic mass is 19.4. The van der Waals surface area contributed by atoms with Crippen LogP contribution in [0.4, 0.5) is 13.2 Å². The lowest BCUT2D eigenvalue weighted by atomic mass is 10.1. The maximum atomic E-state index is 12.3. The summed E-state index contributed by atoms with van der Waals surface area (Å²) in [6.45, 7) is 0.370. The number of carbonyl (C=O) groups is 2. The number of rotatable bonds is 8. The molecule has 0 saturated carbocycles. The molecule has 0 unspecified atom stereocenters. The lowest BCUT2D eigenvalue weighted by molar-refractivity contribution is -0.138. The molecule has 1 aromatic heterocycles. The summed E-state index contributed by atoms with van der Waals surface area (Å²) in [5, 5.41) is 11.0. The van der Waals surface area contributed by atoms with E-state index in [0.717, 1.165) is 25.0 Å². The van der Waals surface area contributed by atoms with Gasteiger partial charge in [-0.15, -0.1) is 0 Å². The van der Waals surface area contributed by atoms with E-state index in [1.165, 1.54) is 0 Å². The zero-order valence-electron chi connectivity index (χ0n) is 11.8. The van der Waals surface area contributed by atoms with Crippen LogP contribution in [0.5, 0.6) is 0 Å². The molecule has 0 aliphatic heterocycles. The molecule has 8 heteroatoms. The fourth-order valence-corrected chi connectivity index (χ4v) is 1.74. The summed E-state index contributed by atoms with van der Waals surface area (Å²) in [5.41, 5.74) is -0.971. The molecule has 122 valence electrons. The zero-order chi connectivity index (χ0) is 16.6. The van der Waals surface area contributed by atoms with Crippen LogP contribution in [-0.4, -0.2) is 28.5 Å². The lowest BCUT2D eigenvalue weighted by Gasteiger charge is -2.07. The first-order valence-electron chi connectivity index (χ1n) is 6.84. The van der Waals surface area contributed by atoms with Crippen molar-refractivity contribution in [1.82, 2.24) is 10.3 Å². The Bertz CT molecular complexity index is 501. The van der Waals surface area contributed by atoms with Crippen molar-refractivity contribution in [2.75, 3.05) is 6.54 Å². The number of alkyl halides is 3. The molecular formula is C14H17F3N2O3. The molecule has 2 N–H and O–H groups in total. The molecule has 0 atom stereocenters. The molecule has 0 spiro atoms. The molecule has 1 amide bonds. The van der Waals surface area contributed by atoms with E-state index >= 15 is 0 Å². The minimum Gasteiger partial charge on any atom is -0.481 e. The Morgan fingerprint density at radius 2 is 1.82 bits per heavy atom. The number of hydrogen-bond acceptors (Lipinski definition) is 3. The Labute approximate surface area is 125 Å². The number of hydrogen-bond donors (Lipinski definition) is 2. The van der Waals surface area contributed by atoms with Crippen LogP contribution >= 0.6 is 0 Å². The third-order valence-electron chi connectivity index (χ3n) is 2.93. The molecule has 0 saturated heterocycles. The molecule has 0 aromatic carbocycles. The minimum atomic E-state index is -4.47. The second-order valence-electron chi connectivity index (χ2n) is 4.74. The van der Waals surface area contributed by atoms with Crippen molar-refractivity contribution in [3.05, 3.63) is 29.6 Å². The highest BCUT2D eigenvalue weighted by Crippen LogP contribution is 2.28. The molecule has 0 radical (unpaired) electrons. The average Bonchev–Trinajstić information content (AvgIpc) is 2.45. The summed E-state index contributed by atoms with van der Waals surface area (Å²) in [6, 6.07) is 1.85. The van der Waals surface area contributed by atoms with Crippen LogP contribution in [0.15, 0.2) is 18.3 Å². The molecule has 1 rings (SSSR count). The Hall–Kier alpha value is -2.12. The molecule has 5 nitrogen and oxygen atoms in total. The van der Waals surface area contributed by atoms with Gasteiger partial charge in [-0.25, -0.2) is 0 Å². The highest BCUT2D eigenvalue weighted by molar-refractivity contribution is 5.92. The van der Waals surface area contributed by atoms with Gasteiger partial charge in [0.25, 0.3) is 5.91 Å². The number of carboxylic acids is 1. The fraction of sp³-hybridized carbons (Fsp3) is 0.500. The minimum absolute atomic E-state index is 0.0705. The van der Waals surface area contributed by atoms with E-state index in [1.807, 2.05) is 0 Å². The Morgan fingerprint density at radius 1 is 1.14 bits per heavy atom. The van der Waals surface area contributed by atoms with Crippen molar-refractivity contribution in [2.45, 2.75) is 38.3 Å².